The minimum absolute atomic E-state index is 0. The van der Waals surface area contributed by atoms with Gasteiger partial charge in [0.15, 0.2) is 0 Å². The summed E-state index contributed by atoms with van der Waals surface area (Å²) in [7, 11) is 1.49. The molecule has 5 rings (SSSR count). The Kier molecular flexibility index (Phi) is 7.82. The first kappa shape index (κ1) is 25.5. The summed E-state index contributed by atoms with van der Waals surface area (Å²) in [6, 6.07) is 28.5. The van der Waals surface area contributed by atoms with Crippen molar-refractivity contribution in [1.82, 2.24) is 5.32 Å². The van der Waals surface area contributed by atoms with Crippen LogP contribution in [0.2, 0.25) is 0 Å². The Morgan fingerprint density at radius 3 is 2.61 bits per heavy atom. The third kappa shape index (κ3) is 5.03. The number of halogens is 1. The van der Waals surface area contributed by atoms with Crippen LogP contribution in [0.4, 0.5) is 0 Å². The molecule has 0 radical (unpaired) electrons. The van der Waals surface area contributed by atoms with Crippen LogP contribution in [0.5, 0.6) is 11.5 Å². The van der Waals surface area contributed by atoms with E-state index >= 15 is 0 Å². The summed E-state index contributed by atoms with van der Waals surface area (Å²) in [5.74, 6) is 0.250. The molecule has 36 heavy (non-hydrogen) atoms. The number of methoxy groups -OCH3 is 1. The van der Waals surface area contributed by atoms with E-state index in [1.165, 1.54) is 23.4 Å². The van der Waals surface area contributed by atoms with Crippen molar-refractivity contribution in [2.24, 2.45) is 0 Å². The number of ether oxygens (including phenoxy) is 2. The molecule has 0 amide bonds. The number of fused-ring (bicyclic) bond motifs is 2. The molecule has 5 nitrogen and oxygen atoms in total. The Bertz CT molecular complexity index is 1370. The SMILES string of the molecule is COc1ccc([C@@H]2C[C@H](CNC(C)c3cccc4ccccc34)Oc3ccccc32)cc1C(=O)O.Cl. The highest BCUT2D eigenvalue weighted by molar-refractivity contribution is 5.91. The summed E-state index contributed by atoms with van der Waals surface area (Å²) >= 11 is 0. The summed E-state index contributed by atoms with van der Waals surface area (Å²) in [4.78, 5) is 11.8. The molecule has 2 N–H and O–H groups in total. The number of rotatable bonds is 7. The topological polar surface area (TPSA) is 67.8 Å². The van der Waals surface area contributed by atoms with Crippen molar-refractivity contribution in [2.75, 3.05) is 13.7 Å². The molecular formula is C30H30ClNO4. The predicted molar refractivity (Wildman–Crippen MR) is 145 cm³/mol. The Labute approximate surface area is 217 Å². The van der Waals surface area contributed by atoms with Crippen LogP contribution >= 0.6 is 12.4 Å². The molecule has 1 heterocycles. The number of aromatic carboxylic acids is 1. The van der Waals surface area contributed by atoms with Gasteiger partial charge < -0.3 is 19.9 Å². The van der Waals surface area contributed by atoms with Crippen molar-refractivity contribution >= 4 is 29.1 Å². The summed E-state index contributed by atoms with van der Waals surface area (Å²) in [5, 5.41) is 15.8. The smallest absolute Gasteiger partial charge is 0.339 e. The lowest BCUT2D eigenvalue weighted by molar-refractivity contribution is 0.0693. The van der Waals surface area contributed by atoms with Gasteiger partial charge in [-0.05, 0) is 53.4 Å². The average Bonchev–Trinajstić information content (AvgIpc) is 2.90. The zero-order valence-electron chi connectivity index (χ0n) is 20.3. The van der Waals surface area contributed by atoms with E-state index in [0.717, 1.165) is 23.3 Å². The number of hydrogen-bond acceptors (Lipinski definition) is 4. The van der Waals surface area contributed by atoms with E-state index in [0.29, 0.717) is 12.3 Å². The molecule has 0 aromatic heterocycles. The lowest BCUT2D eigenvalue weighted by atomic mass is 9.83. The van der Waals surface area contributed by atoms with Gasteiger partial charge in [-0.2, -0.15) is 0 Å². The van der Waals surface area contributed by atoms with E-state index in [9.17, 15) is 9.90 Å². The van der Waals surface area contributed by atoms with Crippen LogP contribution in [0.1, 0.15) is 52.4 Å². The standard InChI is InChI=1S/C30H29NO4.ClH/c1-19(23-12-7-9-20-8-3-4-10-24(20)23)31-18-22-17-26(25-11-5-6-13-29(25)35-22)21-14-15-28(34-2)27(16-21)30(32)33;/h3-16,19,22,26,31H,17-18H2,1-2H3,(H,32,33);1H/t19?,22-,26+;/m1./s1. The van der Waals surface area contributed by atoms with Crippen LogP contribution in [0.25, 0.3) is 10.8 Å². The van der Waals surface area contributed by atoms with Gasteiger partial charge in [0.1, 0.15) is 23.2 Å². The first-order valence-corrected chi connectivity index (χ1v) is 11.9. The van der Waals surface area contributed by atoms with Crippen LogP contribution in [0, 0.1) is 0 Å². The Morgan fingerprint density at radius 1 is 1.06 bits per heavy atom. The predicted octanol–water partition coefficient (Wildman–Crippen LogP) is 6.60. The number of carboxylic acid groups (broad SMARTS) is 1. The number of carbonyl (C=O) groups is 1. The van der Waals surface area contributed by atoms with E-state index in [-0.39, 0.29) is 36.0 Å². The number of nitrogens with one attached hydrogen (secondary N) is 1. The van der Waals surface area contributed by atoms with Crippen LogP contribution in [0.15, 0.2) is 84.9 Å². The number of para-hydroxylation sites is 1. The van der Waals surface area contributed by atoms with Crippen LogP contribution in [-0.4, -0.2) is 30.8 Å². The van der Waals surface area contributed by atoms with Gasteiger partial charge in [-0.1, -0.05) is 66.7 Å². The molecule has 186 valence electrons. The lowest BCUT2D eigenvalue weighted by Crippen LogP contribution is -2.37. The monoisotopic (exact) mass is 503 g/mol. The molecule has 6 heteroatoms. The molecule has 1 unspecified atom stereocenters. The minimum atomic E-state index is -0.994. The van der Waals surface area contributed by atoms with Gasteiger partial charge in [0.25, 0.3) is 0 Å². The van der Waals surface area contributed by atoms with Crippen molar-refractivity contribution in [3.63, 3.8) is 0 Å². The maximum absolute atomic E-state index is 11.8. The van der Waals surface area contributed by atoms with E-state index in [1.54, 1.807) is 12.1 Å². The van der Waals surface area contributed by atoms with E-state index < -0.39 is 5.97 Å². The number of benzene rings is 4. The molecule has 3 atom stereocenters. The first-order chi connectivity index (χ1) is 17.0. The van der Waals surface area contributed by atoms with E-state index in [2.05, 4.69) is 60.8 Å². The molecule has 4 aromatic rings. The quantitative estimate of drug-likeness (QED) is 0.297. The van der Waals surface area contributed by atoms with Crippen LogP contribution in [-0.2, 0) is 0 Å². The zero-order chi connectivity index (χ0) is 24.4. The third-order valence-corrected chi connectivity index (χ3v) is 6.88. The molecule has 0 spiro atoms. The van der Waals surface area contributed by atoms with Crippen molar-refractivity contribution < 1.29 is 19.4 Å². The molecule has 0 saturated heterocycles. The van der Waals surface area contributed by atoms with Crippen molar-refractivity contribution in [3.8, 4) is 11.5 Å². The molecule has 0 aliphatic carbocycles. The summed E-state index contributed by atoms with van der Waals surface area (Å²) in [6.07, 6.45) is 0.695. The van der Waals surface area contributed by atoms with Crippen LogP contribution < -0.4 is 14.8 Å². The maximum atomic E-state index is 11.8. The largest absolute Gasteiger partial charge is 0.496 e. The summed E-state index contributed by atoms with van der Waals surface area (Å²) in [6.45, 7) is 2.86. The third-order valence-electron chi connectivity index (χ3n) is 6.88. The van der Waals surface area contributed by atoms with Gasteiger partial charge in [0.2, 0.25) is 0 Å². The highest BCUT2D eigenvalue weighted by Crippen LogP contribution is 2.41. The molecule has 1 aliphatic heterocycles. The fraction of sp³-hybridized carbons (Fsp3) is 0.233. The average molecular weight is 504 g/mol. The second-order valence-corrected chi connectivity index (χ2v) is 9.03. The Balaban J connectivity index is 0.00000304. The fourth-order valence-electron chi connectivity index (χ4n) is 5.09. The van der Waals surface area contributed by atoms with Gasteiger partial charge in [-0.3, -0.25) is 0 Å². The fourth-order valence-corrected chi connectivity index (χ4v) is 5.09. The maximum Gasteiger partial charge on any atom is 0.339 e. The number of carboxylic acids is 1. The van der Waals surface area contributed by atoms with Gasteiger partial charge in [0, 0.05) is 24.1 Å². The van der Waals surface area contributed by atoms with Crippen molar-refractivity contribution in [3.05, 3.63) is 107 Å². The summed E-state index contributed by atoms with van der Waals surface area (Å²) in [5.41, 5.74) is 3.46. The van der Waals surface area contributed by atoms with Crippen molar-refractivity contribution in [2.45, 2.75) is 31.4 Å². The second kappa shape index (κ2) is 11.0. The first-order valence-electron chi connectivity index (χ1n) is 11.9. The van der Waals surface area contributed by atoms with Gasteiger partial charge >= 0.3 is 5.97 Å². The highest BCUT2D eigenvalue weighted by Gasteiger charge is 2.30. The molecule has 0 saturated carbocycles. The molecule has 0 fully saturated rings. The van der Waals surface area contributed by atoms with Crippen LogP contribution in [0.3, 0.4) is 0 Å². The molecule has 1 aliphatic rings. The molecular weight excluding hydrogens is 474 g/mol. The Hall–Kier alpha value is -3.54. The van der Waals surface area contributed by atoms with Gasteiger partial charge in [-0.15, -0.1) is 12.4 Å². The lowest BCUT2D eigenvalue weighted by Gasteiger charge is -2.33. The summed E-state index contributed by atoms with van der Waals surface area (Å²) < 4.78 is 11.6. The molecule has 0 bridgehead atoms. The highest BCUT2D eigenvalue weighted by atomic mass is 35.5. The normalized spacial score (nSPS) is 17.4. The van der Waals surface area contributed by atoms with Gasteiger partial charge in [-0.25, -0.2) is 4.79 Å². The minimum Gasteiger partial charge on any atom is -0.496 e. The Morgan fingerprint density at radius 2 is 1.81 bits per heavy atom. The van der Waals surface area contributed by atoms with Crippen molar-refractivity contribution in [1.29, 1.82) is 0 Å². The second-order valence-electron chi connectivity index (χ2n) is 9.03. The zero-order valence-corrected chi connectivity index (χ0v) is 21.1. The van der Waals surface area contributed by atoms with E-state index in [1.807, 2.05) is 24.3 Å². The molecule has 4 aromatic carbocycles. The van der Waals surface area contributed by atoms with E-state index in [4.69, 9.17) is 9.47 Å². The van der Waals surface area contributed by atoms with Gasteiger partial charge in [0.05, 0.1) is 7.11 Å². The number of hydrogen-bond donors (Lipinski definition) is 2.